The molecule has 1 unspecified atom stereocenters. The molecular weight excluding hydrogens is 144 g/mol. The highest BCUT2D eigenvalue weighted by Gasteiger charge is 2.11. The van der Waals surface area contributed by atoms with Gasteiger partial charge in [-0.25, -0.2) is 4.79 Å². The first kappa shape index (κ1) is 9.74. The normalized spacial score (nSPS) is 12.1. The van der Waals surface area contributed by atoms with Gasteiger partial charge in [0.25, 0.3) is 0 Å². The highest BCUT2D eigenvalue weighted by molar-refractivity contribution is 5.87. The van der Waals surface area contributed by atoms with Crippen LogP contribution < -0.4 is 16.8 Å². The van der Waals surface area contributed by atoms with E-state index in [0.29, 0.717) is 6.42 Å². The van der Waals surface area contributed by atoms with Crippen LogP contribution in [0.5, 0.6) is 0 Å². The molecule has 0 aliphatic carbocycles. The van der Waals surface area contributed by atoms with Crippen molar-refractivity contribution in [1.29, 1.82) is 5.41 Å². The maximum absolute atomic E-state index is 10.3. The van der Waals surface area contributed by atoms with E-state index in [1.165, 1.54) is 0 Å². The molecular formula is C6H14N4O. The minimum atomic E-state index is -0.640. The van der Waals surface area contributed by atoms with Crippen LogP contribution in [-0.2, 0) is 0 Å². The quantitative estimate of drug-likeness (QED) is 0.335. The molecule has 0 spiro atoms. The Hall–Kier alpha value is -1.26. The summed E-state index contributed by atoms with van der Waals surface area (Å²) in [6, 6.07) is -1.05. The van der Waals surface area contributed by atoms with Crippen molar-refractivity contribution in [3.8, 4) is 0 Å². The molecule has 1 atom stereocenters. The second-order valence-electron chi connectivity index (χ2n) is 2.31. The van der Waals surface area contributed by atoms with Crippen LogP contribution in [0.4, 0.5) is 4.79 Å². The molecule has 11 heavy (non-hydrogen) atoms. The summed E-state index contributed by atoms with van der Waals surface area (Å²) in [6.07, 6.45) is 1.50. The minimum absolute atomic E-state index is 0.0503. The van der Waals surface area contributed by atoms with Gasteiger partial charge in [0.15, 0.2) is 0 Å². The number of hydrogen-bond donors (Lipinski definition) is 4. The summed E-state index contributed by atoms with van der Waals surface area (Å²) in [5.74, 6) is -0.0503. The number of carbonyl (C=O) groups excluding carboxylic acids is 1. The molecule has 5 nitrogen and oxygen atoms in total. The van der Waals surface area contributed by atoms with Crippen LogP contribution in [0, 0.1) is 5.41 Å². The third kappa shape index (κ3) is 4.19. The van der Waals surface area contributed by atoms with Gasteiger partial charge in [-0.15, -0.1) is 0 Å². The predicted octanol–water partition coefficient (Wildman–Crippen LogP) is -0.241. The Morgan fingerprint density at radius 1 is 1.64 bits per heavy atom. The van der Waals surface area contributed by atoms with Crippen LogP contribution in [0.25, 0.3) is 0 Å². The molecule has 5 heteroatoms. The lowest BCUT2D eigenvalue weighted by atomic mass is 10.1. The summed E-state index contributed by atoms with van der Waals surface area (Å²) in [6.45, 7) is 1.94. The standard InChI is InChI=1S/C6H14N4O/c1-2-3-4(5(7)8)10-6(9)11/h4H,2-3H2,1H3,(H3,7,8)(H3,9,10,11). The number of primary amides is 1. The number of hydrogen-bond acceptors (Lipinski definition) is 2. The number of urea groups is 1. The van der Waals surface area contributed by atoms with Crippen LogP contribution >= 0.6 is 0 Å². The number of rotatable bonds is 4. The fourth-order valence-corrected chi connectivity index (χ4v) is 0.766. The second-order valence-corrected chi connectivity index (χ2v) is 2.31. The summed E-state index contributed by atoms with van der Waals surface area (Å²) in [7, 11) is 0. The van der Waals surface area contributed by atoms with Crippen molar-refractivity contribution >= 4 is 11.9 Å². The van der Waals surface area contributed by atoms with Crippen molar-refractivity contribution in [3.05, 3.63) is 0 Å². The van der Waals surface area contributed by atoms with E-state index in [1.807, 2.05) is 6.92 Å². The number of nitrogens with one attached hydrogen (secondary N) is 2. The van der Waals surface area contributed by atoms with Gasteiger partial charge in [0, 0.05) is 0 Å². The van der Waals surface area contributed by atoms with Gasteiger partial charge in [-0.05, 0) is 6.42 Å². The zero-order valence-corrected chi connectivity index (χ0v) is 6.55. The van der Waals surface area contributed by atoms with Gasteiger partial charge in [-0.2, -0.15) is 0 Å². The first-order valence-electron chi connectivity index (χ1n) is 3.47. The predicted molar refractivity (Wildman–Crippen MR) is 43.3 cm³/mol. The molecule has 0 aliphatic rings. The Kier molecular flexibility index (Phi) is 4.02. The molecule has 0 bridgehead atoms. The number of nitrogens with two attached hydrogens (primary N) is 2. The van der Waals surface area contributed by atoms with Crippen molar-refractivity contribution in [2.45, 2.75) is 25.8 Å². The van der Waals surface area contributed by atoms with E-state index in [2.05, 4.69) is 5.32 Å². The van der Waals surface area contributed by atoms with Crippen LogP contribution in [0.1, 0.15) is 19.8 Å². The van der Waals surface area contributed by atoms with Crippen LogP contribution in [0.15, 0.2) is 0 Å². The van der Waals surface area contributed by atoms with Gasteiger partial charge in [0.1, 0.15) is 5.84 Å². The van der Waals surface area contributed by atoms with E-state index in [4.69, 9.17) is 16.9 Å². The second kappa shape index (κ2) is 4.54. The summed E-state index contributed by atoms with van der Waals surface area (Å²) in [5, 5.41) is 9.43. The van der Waals surface area contributed by atoms with Crippen molar-refractivity contribution in [2.75, 3.05) is 0 Å². The monoisotopic (exact) mass is 158 g/mol. The average Bonchev–Trinajstić information content (AvgIpc) is 1.86. The summed E-state index contributed by atoms with van der Waals surface area (Å²) >= 11 is 0. The third-order valence-electron chi connectivity index (χ3n) is 1.27. The van der Waals surface area contributed by atoms with Crippen molar-refractivity contribution in [2.24, 2.45) is 11.5 Å². The molecule has 0 aromatic rings. The first-order chi connectivity index (χ1) is 5.07. The topological polar surface area (TPSA) is 105 Å². The lowest BCUT2D eigenvalue weighted by molar-refractivity contribution is 0.247. The van der Waals surface area contributed by atoms with Gasteiger partial charge in [0.2, 0.25) is 0 Å². The summed E-state index contributed by atoms with van der Waals surface area (Å²) in [5.41, 5.74) is 10.0. The van der Waals surface area contributed by atoms with E-state index in [1.54, 1.807) is 0 Å². The molecule has 2 amide bonds. The molecule has 64 valence electrons. The van der Waals surface area contributed by atoms with Gasteiger partial charge < -0.3 is 16.8 Å². The van der Waals surface area contributed by atoms with Gasteiger partial charge in [0.05, 0.1) is 6.04 Å². The molecule has 0 saturated carbocycles. The third-order valence-corrected chi connectivity index (χ3v) is 1.27. The molecule has 0 fully saturated rings. The average molecular weight is 158 g/mol. The van der Waals surface area contributed by atoms with Gasteiger partial charge in [-0.1, -0.05) is 13.3 Å². The SMILES string of the molecule is CCCC(NC(N)=O)C(=N)N. The van der Waals surface area contributed by atoms with E-state index in [-0.39, 0.29) is 5.84 Å². The Morgan fingerprint density at radius 2 is 2.18 bits per heavy atom. The number of amidine groups is 1. The van der Waals surface area contributed by atoms with Crippen LogP contribution in [0.3, 0.4) is 0 Å². The molecule has 0 aliphatic heterocycles. The molecule has 0 radical (unpaired) electrons. The summed E-state index contributed by atoms with van der Waals surface area (Å²) < 4.78 is 0. The maximum atomic E-state index is 10.3. The van der Waals surface area contributed by atoms with Crippen molar-refractivity contribution in [1.82, 2.24) is 5.32 Å². The summed E-state index contributed by atoms with van der Waals surface area (Å²) in [4.78, 5) is 10.3. The number of carbonyl (C=O) groups is 1. The maximum Gasteiger partial charge on any atom is 0.312 e. The molecule has 0 rings (SSSR count). The lowest BCUT2D eigenvalue weighted by Crippen LogP contribution is -2.46. The fraction of sp³-hybridized carbons (Fsp3) is 0.667. The Bertz CT molecular complexity index is 157. The minimum Gasteiger partial charge on any atom is -0.386 e. The number of amides is 2. The van der Waals surface area contributed by atoms with Gasteiger partial charge >= 0.3 is 6.03 Å². The van der Waals surface area contributed by atoms with E-state index < -0.39 is 12.1 Å². The Morgan fingerprint density at radius 3 is 2.45 bits per heavy atom. The largest absolute Gasteiger partial charge is 0.386 e. The molecule has 0 aromatic carbocycles. The smallest absolute Gasteiger partial charge is 0.312 e. The molecule has 6 N–H and O–H groups in total. The highest BCUT2D eigenvalue weighted by atomic mass is 16.2. The van der Waals surface area contributed by atoms with Gasteiger partial charge in [-0.3, -0.25) is 5.41 Å². The van der Waals surface area contributed by atoms with E-state index in [0.717, 1.165) is 6.42 Å². The Balaban J connectivity index is 3.89. The van der Waals surface area contributed by atoms with Crippen LogP contribution in [0.2, 0.25) is 0 Å². The van der Waals surface area contributed by atoms with Crippen LogP contribution in [-0.4, -0.2) is 17.9 Å². The Labute approximate surface area is 65.6 Å². The van der Waals surface area contributed by atoms with Crippen molar-refractivity contribution < 1.29 is 4.79 Å². The van der Waals surface area contributed by atoms with E-state index >= 15 is 0 Å². The lowest BCUT2D eigenvalue weighted by Gasteiger charge is -2.13. The van der Waals surface area contributed by atoms with E-state index in [9.17, 15) is 4.79 Å². The highest BCUT2D eigenvalue weighted by Crippen LogP contribution is 1.94. The molecule has 0 aromatic heterocycles. The van der Waals surface area contributed by atoms with Crippen molar-refractivity contribution in [3.63, 3.8) is 0 Å². The zero-order chi connectivity index (χ0) is 8.85. The first-order valence-corrected chi connectivity index (χ1v) is 3.47. The molecule has 0 heterocycles. The fourth-order valence-electron chi connectivity index (χ4n) is 0.766. The zero-order valence-electron chi connectivity index (χ0n) is 6.55. The molecule has 0 saturated heterocycles.